The van der Waals surface area contributed by atoms with Gasteiger partial charge in [0.2, 0.25) is 5.95 Å². The van der Waals surface area contributed by atoms with E-state index in [2.05, 4.69) is 21.9 Å². The zero-order valence-corrected chi connectivity index (χ0v) is 11.3. The summed E-state index contributed by atoms with van der Waals surface area (Å²) in [7, 11) is 0. The molecule has 0 amide bonds. The smallest absolute Gasteiger partial charge is 0.223 e. The summed E-state index contributed by atoms with van der Waals surface area (Å²) < 4.78 is 2.02. The van der Waals surface area contributed by atoms with Crippen molar-refractivity contribution in [1.29, 1.82) is 0 Å². The first-order valence-corrected chi connectivity index (χ1v) is 6.99. The van der Waals surface area contributed by atoms with E-state index in [0.717, 1.165) is 36.1 Å². The largest absolute Gasteiger partial charge is 0.368 e. The van der Waals surface area contributed by atoms with E-state index in [1.165, 1.54) is 19.3 Å². The number of aromatic nitrogens is 4. The summed E-state index contributed by atoms with van der Waals surface area (Å²) in [6.07, 6.45) is 6.61. The maximum atomic E-state index is 5.67. The average Bonchev–Trinajstić information content (AvgIpc) is 2.77. The van der Waals surface area contributed by atoms with Gasteiger partial charge in [-0.3, -0.25) is 5.14 Å². The Balaban J connectivity index is 2.21. The highest BCUT2D eigenvalue weighted by Crippen LogP contribution is 2.21. The van der Waals surface area contributed by atoms with E-state index in [1.54, 1.807) is 6.33 Å². The minimum atomic E-state index is 0.241. The average molecular weight is 266 g/mol. The molecule has 2 heterocycles. The van der Waals surface area contributed by atoms with E-state index < -0.39 is 0 Å². The lowest BCUT2D eigenvalue weighted by Gasteiger charge is -2.04. The van der Waals surface area contributed by atoms with Crippen molar-refractivity contribution >= 4 is 29.1 Å². The fourth-order valence-electron chi connectivity index (χ4n) is 1.89. The Kier molecular flexibility index (Phi) is 4.38. The van der Waals surface area contributed by atoms with Gasteiger partial charge in [0, 0.05) is 6.54 Å². The van der Waals surface area contributed by atoms with Gasteiger partial charge in [-0.1, -0.05) is 26.2 Å². The van der Waals surface area contributed by atoms with Crippen molar-refractivity contribution in [2.45, 2.75) is 44.2 Å². The predicted octanol–water partition coefficient (Wildman–Crippen LogP) is 1.95. The molecular formula is C11H18N6S. The van der Waals surface area contributed by atoms with Gasteiger partial charge in [0.15, 0.2) is 5.65 Å². The molecular weight excluding hydrogens is 248 g/mol. The fourth-order valence-corrected chi connectivity index (χ4v) is 2.29. The molecule has 0 aliphatic carbocycles. The van der Waals surface area contributed by atoms with E-state index in [0.29, 0.717) is 5.03 Å². The van der Waals surface area contributed by atoms with Crippen LogP contribution in [0, 0.1) is 0 Å². The first-order valence-electron chi connectivity index (χ1n) is 6.11. The van der Waals surface area contributed by atoms with Crippen molar-refractivity contribution in [2.24, 2.45) is 5.14 Å². The van der Waals surface area contributed by atoms with Gasteiger partial charge in [-0.15, -0.1) is 0 Å². The van der Waals surface area contributed by atoms with Crippen molar-refractivity contribution in [3.63, 3.8) is 0 Å². The highest BCUT2D eigenvalue weighted by atomic mass is 32.2. The molecule has 98 valence electrons. The summed E-state index contributed by atoms with van der Waals surface area (Å²) in [6.45, 7) is 3.10. The van der Waals surface area contributed by atoms with Crippen molar-refractivity contribution in [2.75, 3.05) is 5.73 Å². The van der Waals surface area contributed by atoms with Crippen LogP contribution in [0.4, 0.5) is 5.95 Å². The molecule has 0 aromatic carbocycles. The predicted molar refractivity (Wildman–Crippen MR) is 73.9 cm³/mol. The molecule has 7 heteroatoms. The Morgan fingerprint density at radius 1 is 1.28 bits per heavy atom. The molecule has 0 fully saturated rings. The molecule has 2 rings (SSSR count). The monoisotopic (exact) mass is 266 g/mol. The van der Waals surface area contributed by atoms with Crippen LogP contribution in [0.15, 0.2) is 11.4 Å². The van der Waals surface area contributed by atoms with Gasteiger partial charge in [0.25, 0.3) is 0 Å². The van der Waals surface area contributed by atoms with Crippen LogP contribution in [0.1, 0.15) is 32.6 Å². The molecule has 0 atom stereocenters. The molecule has 4 N–H and O–H groups in total. The van der Waals surface area contributed by atoms with Gasteiger partial charge in [-0.25, -0.2) is 9.97 Å². The zero-order chi connectivity index (χ0) is 13.0. The molecule has 0 aliphatic rings. The summed E-state index contributed by atoms with van der Waals surface area (Å²) in [5, 5.41) is 6.18. The van der Waals surface area contributed by atoms with Crippen LogP contribution in [0.2, 0.25) is 0 Å². The Hall–Kier alpha value is -1.34. The Morgan fingerprint density at radius 3 is 2.83 bits per heavy atom. The molecule has 0 saturated heterocycles. The maximum absolute atomic E-state index is 5.67. The fraction of sp³-hybridized carbons (Fsp3) is 0.545. The van der Waals surface area contributed by atoms with Crippen LogP contribution in [0.5, 0.6) is 0 Å². The molecule has 2 aromatic rings. The van der Waals surface area contributed by atoms with Crippen LogP contribution in [0.3, 0.4) is 0 Å². The Labute approximate surface area is 110 Å². The number of hydrogen-bond donors (Lipinski definition) is 2. The molecule has 0 spiro atoms. The van der Waals surface area contributed by atoms with E-state index in [1.807, 2.05) is 4.57 Å². The van der Waals surface area contributed by atoms with Gasteiger partial charge >= 0.3 is 0 Å². The van der Waals surface area contributed by atoms with Crippen LogP contribution in [-0.4, -0.2) is 19.5 Å². The number of rotatable bonds is 6. The molecule has 0 radical (unpaired) electrons. The van der Waals surface area contributed by atoms with Crippen molar-refractivity contribution < 1.29 is 0 Å². The first kappa shape index (κ1) is 13.1. The highest BCUT2D eigenvalue weighted by Gasteiger charge is 2.11. The van der Waals surface area contributed by atoms with Crippen molar-refractivity contribution in [3.05, 3.63) is 6.33 Å². The van der Waals surface area contributed by atoms with E-state index in [9.17, 15) is 0 Å². The number of nitrogens with two attached hydrogens (primary N) is 2. The Bertz CT molecular complexity index is 523. The molecule has 2 aromatic heterocycles. The summed E-state index contributed by atoms with van der Waals surface area (Å²) in [5.74, 6) is 0.241. The SMILES string of the molecule is CCCCCCn1cnc2c(SN)nc(N)nc21. The van der Waals surface area contributed by atoms with Gasteiger partial charge in [0.1, 0.15) is 10.5 Å². The second-order valence-corrected chi connectivity index (χ2v) is 4.80. The summed E-state index contributed by atoms with van der Waals surface area (Å²) in [4.78, 5) is 12.6. The third-order valence-corrected chi connectivity index (χ3v) is 3.32. The summed E-state index contributed by atoms with van der Waals surface area (Å²) in [6, 6.07) is 0. The van der Waals surface area contributed by atoms with E-state index in [4.69, 9.17) is 10.9 Å². The molecule has 0 bridgehead atoms. The van der Waals surface area contributed by atoms with Gasteiger partial charge in [-0.05, 0) is 18.4 Å². The lowest BCUT2D eigenvalue weighted by atomic mass is 10.2. The number of hydrogen-bond acceptors (Lipinski definition) is 6. The number of aryl methyl sites for hydroxylation is 1. The molecule has 6 nitrogen and oxygen atoms in total. The number of anilines is 1. The second kappa shape index (κ2) is 6.01. The summed E-state index contributed by atoms with van der Waals surface area (Å²) in [5.41, 5.74) is 7.17. The standard InChI is InChI=1S/C11H18N6S/c1-2-3-4-5-6-17-7-14-8-9(17)15-11(12)16-10(8)18-13/h7H,2-6,13H2,1H3,(H2,12,15,16). The number of imidazole rings is 1. The lowest BCUT2D eigenvalue weighted by Crippen LogP contribution is -2.02. The first-order chi connectivity index (χ1) is 8.76. The third kappa shape index (κ3) is 2.73. The normalized spacial score (nSPS) is 11.2. The molecule has 0 unspecified atom stereocenters. The van der Waals surface area contributed by atoms with E-state index >= 15 is 0 Å². The minimum absolute atomic E-state index is 0.241. The second-order valence-electron chi connectivity index (χ2n) is 4.18. The van der Waals surface area contributed by atoms with E-state index in [-0.39, 0.29) is 5.95 Å². The molecule has 0 aliphatic heterocycles. The molecule has 0 saturated carbocycles. The maximum Gasteiger partial charge on any atom is 0.223 e. The minimum Gasteiger partial charge on any atom is -0.368 e. The van der Waals surface area contributed by atoms with Crippen LogP contribution < -0.4 is 10.9 Å². The zero-order valence-electron chi connectivity index (χ0n) is 10.5. The number of unbranched alkanes of at least 4 members (excludes halogenated alkanes) is 3. The van der Waals surface area contributed by atoms with Crippen molar-refractivity contribution in [1.82, 2.24) is 19.5 Å². The molecule has 18 heavy (non-hydrogen) atoms. The quantitative estimate of drug-likeness (QED) is 0.471. The number of fused-ring (bicyclic) bond motifs is 1. The number of nitrogens with zero attached hydrogens (tertiary/aromatic N) is 4. The Morgan fingerprint density at radius 2 is 2.11 bits per heavy atom. The highest BCUT2D eigenvalue weighted by molar-refractivity contribution is 7.97. The lowest BCUT2D eigenvalue weighted by molar-refractivity contribution is 0.589. The van der Waals surface area contributed by atoms with Gasteiger partial charge < -0.3 is 10.3 Å². The van der Waals surface area contributed by atoms with Gasteiger partial charge in [-0.2, -0.15) is 4.98 Å². The topological polar surface area (TPSA) is 95.6 Å². The van der Waals surface area contributed by atoms with Crippen LogP contribution >= 0.6 is 11.9 Å². The van der Waals surface area contributed by atoms with Gasteiger partial charge in [0.05, 0.1) is 6.33 Å². The van der Waals surface area contributed by atoms with Crippen molar-refractivity contribution in [3.8, 4) is 0 Å². The van der Waals surface area contributed by atoms with Crippen LogP contribution in [0.25, 0.3) is 11.2 Å². The third-order valence-electron chi connectivity index (χ3n) is 2.81. The number of nitrogen functional groups attached to an aromatic ring is 1. The van der Waals surface area contributed by atoms with Crippen LogP contribution in [-0.2, 0) is 6.54 Å². The summed E-state index contributed by atoms with van der Waals surface area (Å²) >= 11 is 1.05.